The lowest BCUT2D eigenvalue weighted by atomic mass is 9.68. The lowest BCUT2D eigenvalue weighted by Gasteiger charge is -2.34. The largest absolute Gasteiger partial charge is 0.197 e. The van der Waals surface area contributed by atoms with Crippen molar-refractivity contribution in [1.82, 2.24) is 0 Å². The van der Waals surface area contributed by atoms with Crippen LogP contribution in [0.3, 0.4) is 0 Å². The molecule has 0 atom stereocenters. The van der Waals surface area contributed by atoms with E-state index in [0.29, 0.717) is 0 Å². The molecule has 1 saturated carbocycles. The number of nitrogens with zero attached hydrogens (tertiary/aromatic N) is 1. The maximum absolute atomic E-state index is 9.40. The minimum atomic E-state index is -0.159. The molecule has 1 fully saturated rings. The van der Waals surface area contributed by atoms with Crippen molar-refractivity contribution >= 4 is 21.4 Å². The second kappa shape index (κ2) is 3.33. The molecule has 2 heteroatoms. The zero-order valence-electron chi connectivity index (χ0n) is 9.29. The highest BCUT2D eigenvalue weighted by molar-refractivity contribution is 7.19. The van der Waals surface area contributed by atoms with Crippen molar-refractivity contribution in [3.8, 4) is 6.07 Å². The van der Waals surface area contributed by atoms with Crippen LogP contribution in [0.4, 0.5) is 0 Å². The van der Waals surface area contributed by atoms with Crippen molar-refractivity contribution < 1.29 is 0 Å². The molecule has 1 aliphatic carbocycles. The summed E-state index contributed by atoms with van der Waals surface area (Å²) in [6, 6.07) is 11.0. The summed E-state index contributed by atoms with van der Waals surface area (Å²) in [5, 5.41) is 10.7. The van der Waals surface area contributed by atoms with Crippen LogP contribution in [0.1, 0.15) is 29.7 Å². The third kappa shape index (κ3) is 1.15. The van der Waals surface area contributed by atoms with Crippen LogP contribution in [0.25, 0.3) is 10.1 Å². The van der Waals surface area contributed by atoms with Crippen molar-refractivity contribution in [3.63, 3.8) is 0 Å². The van der Waals surface area contributed by atoms with Gasteiger partial charge in [-0.05, 0) is 43.2 Å². The number of aryl methyl sites for hydroxylation is 1. The zero-order chi connectivity index (χ0) is 11.2. The van der Waals surface area contributed by atoms with E-state index < -0.39 is 0 Å². The molecule has 2 aromatic rings. The molecule has 1 heterocycles. The molecule has 1 nitrogen and oxygen atoms in total. The van der Waals surface area contributed by atoms with Crippen LogP contribution in [0, 0.1) is 18.3 Å². The summed E-state index contributed by atoms with van der Waals surface area (Å²) < 4.78 is 1.32. The Balaban J connectivity index is 2.25. The van der Waals surface area contributed by atoms with Crippen molar-refractivity contribution in [2.45, 2.75) is 31.6 Å². The van der Waals surface area contributed by atoms with Gasteiger partial charge in [-0.3, -0.25) is 0 Å². The van der Waals surface area contributed by atoms with Crippen molar-refractivity contribution in [2.75, 3.05) is 0 Å². The number of hydrogen-bond acceptors (Lipinski definition) is 2. The topological polar surface area (TPSA) is 23.8 Å². The van der Waals surface area contributed by atoms with Gasteiger partial charge in [0.05, 0.1) is 11.5 Å². The van der Waals surface area contributed by atoms with Gasteiger partial charge in [-0.2, -0.15) is 5.26 Å². The van der Waals surface area contributed by atoms with Crippen LogP contribution in [-0.2, 0) is 5.41 Å². The van der Waals surface area contributed by atoms with Gasteiger partial charge < -0.3 is 0 Å². The number of benzene rings is 1. The van der Waals surface area contributed by atoms with Crippen LogP contribution in [0.2, 0.25) is 0 Å². The molecule has 0 unspecified atom stereocenters. The number of rotatable bonds is 1. The molecule has 0 aliphatic heterocycles. The molecule has 0 radical (unpaired) electrons. The van der Waals surface area contributed by atoms with E-state index in [1.54, 1.807) is 0 Å². The predicted molar refractivity (Wildman–Crippen MR) is 67.7 cm³/mol. The van der Waals surface area contributed by atoms with E-state index in [9.17, 15) is 5.26 Å². The standard InChI is InChI=1S/C14H13NS/c1-10-11-5-2-3-6-12(11)16-13(10)14(9-15)7-4-8-14/h2-3,5-6H,4,7-8H2,1H3. The lowest BCUT2D eigenvalue weighted by Crippen LogP contribution is -2.31. The zero-order valence-corrected chi connectivity index (χ0v) is 10.1. The highest BCUT2D eigenvalue weighted by Crippen LogP contribution is 2.49. The first-order chi connectivity index (χ1) is 7.77. The molecule has 0 spiro atoms. The summed E-state index contributed by atoms with van der Waals surface area (Å²) in [7, 11) is 0. The van der Waals surface area contributed by atoms with Crippen molar-refractivity contribution in [1.29, 1.82) is 5.26 Å². The third-order valence-electron chi connectivity index (χ3n) is 3.70. The molecule has 1 aromatic carbocycles. The van der Waals surface area contributed by atoms with Crippen LogP contribution >= 0.6 is 11.3 Å². The molecule has 1 aromatic heterocycles. The van der Waals surface area contributed by atoms with E-state index in [0.717, 1.165) is 12.8 Å². The van der Waals surface area contributed by atoms with E-state index in [1.807, 2.05) is 11.3 Å². The van der Waals surface area contributed by atoms with Gasteiger partial charge in [-0.1, -0.05) is 18.2 Å². The first kappa shape index (κ1) is 9.86. The minimum absolute atomic E-state index is 0.159. The van der Waals surface area contributed by atoms with E-state index in [1.165, 1.54) is 26.9 Å². The number of hydrogen-bond donors (Lipinski definition) is 0. The van der Waals surface area contributed by atoms with E-state index in [-0.39, 0.29) is 5.41 Å². The Bertz CT molecular complexity index is 584. The maximum Gasteiger partial charge on any atom is 0.0917 e. The lowest BCUT2D eigenvalue weighted by molar-refractivity contribution is 0.329. The first-order valence-electron chi connectivity index (χ1n) is 5.67. The Kier molecular flexibility index (Phi) is 2.05. The van der Waals surface area contributed by atoms with Gasteiger partial charge in [0, 0.05) is 9.58 Å². The summed E-state index contributed by atoms with van der Waals surface area (Å²) in [6.45, 7) is 2.16. The number of thiophene rings is 1. The summed E-state index contributed by atoms with van der Waals surface area (Å²) >= 11 is 1.81. The van der Waals surface area contributed by atoms with E-state index in [4.69, 9.17) is 0 Å². The van der Waals surface area contributed by atoms with Crippen LogP contribution in [0.15, 0.2) is 24.3 Å². The van der Waals surface area contributed by atoms with Crippen molar-refractivity contribution in [3.05, 3.63) is 34.7 Å². The molecule has 3 rings (SSSR count). The van der Waals surface area contributed by atoms with Gasteiger partial charge in [-0.25, -0.2) is 0 Å². The van der Waals surface area contributed by atoms with Gasteiger partial charge in [0.1, 0.15) is 0 Å². The Morgan fingerprint density at radius 2 is 2.06 bits per heavy atom. The summed E-state index contributed by atoms with van der Waals surface area (Å²) in [5.41, 5.74) is 1.16. The highest BCUT2D eigenvalue weighted by Gasteiger charge is 2.41. The van der Waals surface area contributed by atoms with E-state index >= 15 is 0 Å². The summed E-state index contributed by atoms with van der Waals surface area (Å²) in [6.07, 6.45) is 3.27. The molecule has 0 amide bonds. The predicted octanol–water partition coefficient (Wildman–Crippen LogP) is 4.16. The summed E-state index contributed by atoms with van der Waals surface area (Å²) in [5.74, 6) is 0. The number of fused-ring (bicyclic) bond motifs is 1. The quantitative estimate of drug-likeness (QED) is 0.717. The smallest absolute Gasteiger partial charge is 0.0917 e. The van der Waals surface area contributed by atoms with Crippen LogP contribution in [-0.4, -0.2) is 0 Å². The fourth-order valence-electron chi connectivity index (χ4n) is 2.55. The maximum atomic E-state index is 9.40. The van der Waals surface area contributed by atoms with Crippen LogP contribution < -0.4 is 0 Å². The molecule has 0 N–H and O–H groups in total. The molecular formula is C14H13NS. The van der Waals surface area contributed by atoms with Gasteiger partial charge in [0.25, 0.3) is 0 Å². The first-order valence-corrected chi connectivity index (χ1v) is 6.48. The average molecular weight is 227 g/mol. The van der Waals surface area contributed by atoms with Gasteiger partial charge in [-0.15, -0.1) is 11.3 Å². The molecular weight excluding hydrogens is 214 g/mol. The molecule has 16 heavy (non-hydrogen) atoms. The SMILES string of the molecule is Cc1c(C2(C#N)CCC2)sc2ccccc12. The third-order valence-corrected chi connectivity index (χ3v) is 5.18. The fraction of sp³-hybridized carbons (Fsp3) is 0.357. The number of nitriles is 1. The highest BCUT2D eigenvalue weighted by atomic mass is 32.1. The molecule has 1 aliphatic rings. The average Bonchev–Trinajstić information content (AvgIpc) is 2.57. The molecule has 80 valence electrons. The normalized spacial score (nSPS) is 18.0. The Morgan fingerprint density at radius 1 is 1.31 bits per heavy atom. The van der Waals surface area contributed by atoms with Crippen molar-refractivity contribution in [2.24, 2.45) is 0 Å². The minimum Gasteiger partial charge on any atom is -0.197 e. The van der Waals surface area contributed by atoms with E-state index in [2.05, 4.69) is 37.3 Å². The van der Waals surface area contributed by atoms with Gasteiger partial charge >= 0.3 is 0 Å². The molecule has 0 saturated heterocycles. The van der Waals surface area contributed by atoms with Gasteiger partial charge in [0.15, 0.2) is 0 Å². The second-order valence-corrected chi connectivity index (χ2v) is 5.65. The Labute approximate surface area is 99.3 Å². The second-order valence-electron chi connectivity index (χ2n) is 4.60. The monoisotopic (exact) mass is 227 g/mol. The Morgan fingerprint density at radius 3 is 2.62 bits per heavy atom. The molecule has 0 bridgehead atoms. The fourth-order valence-corrected chi connectivity index (χ4v) is 3.96. The Hall–Kier alpha value is -1.33. The van der Waals surface area contributed by atoms with Gasteiger partial charge in [0.2, 0.25) is 0 Å². The summed E-state index contributed by atoms with van der Waals surface area (Å²) in [4.78, 5) is 1.31. The van der Waals surface area contributed by atoms with Crippen LogP contribution in [0.5, 0.6) is 0 Å².